The van der Waals surface area contributed by atoms with Crippen LogP contribution in [0.3, 0.4) is 0 Å². The van der Waals surface area contributed by atoms with Crippen molar-refractivity contribution in [2.45, 2.75) is 52.6 Å². The first kappa shape index (κ1) is 17.4. The molecule has 4 heteroatoms. The quantitative estimate of drug-likeness (QED) is 0.675. The van der Waals surface area contributed by atoms with Gasteiger partial charge in [-0.2, -0.15) is 0 Å². The number of Topliss-reactive ketones (excluding diaryl/α,β-unsaturated/α-hetero) is 2. The van der Waals surface area contributed by atoms with Crippen LogP contribution in [0.5, 0.6) is 0 Å². The average molecular weight is 308 g/mol. The topological polar surface area (TPSA) is 43.0 Å². The lowest BCUT2D eigenvalue weighted by Crippen LogP contribution is -3.17. The molecule has 4 nitrogen and oxygen atoms in total. The summed E-state index contributed by atoms with van der Waals surface area (Å²) >= 11 is 0. The fourth-order valence-corrected chi connectivity index (χ4v) is 3.75. The van der Waals surface area contributed by atoms with Crippen molar-refractivity contribution < 1.29 is 19.4 Å². The summed E-state index contributed by atoms with van der Waals surface area (Å²) in [6.07, 6.45) is 5.99. The highest BCUT2D eigenvalue weighted by Crippen LogP contribution is 2.06. The molecule has 2 N–H and O–H groups in total. The number of hydrogen-bond donors (Lipinski definition) is 2. The maximum Gasteiger partial charge on any atom is 0.147 e. The van der Waals surface area contributed by atoms with E-state index in [0.29, 0.717) is 23.7 Å². The van der Waals surface area contributed by atoms with Crippen molar-refractivity contribution >= 4 is 11.6 Å². The minimum Gasteiger partial charge on any atom is -0.329 e. The molecule has 0 aromatic rings. The SMILES string of the molecule is C[C@@H]1C[NH+](C/C=C/C[NH+]2C[C@@H](C)C(=O)C[C@H]2C)[C@H](C)CC1=O. The molecular formula is C18H32N2O2+2. The van der Waals surface area contributed by atoms with Crippen LogP contribution >= 0.6 is 0 Å². The Morgan fingerprint density at radius 3 is 1.55 bits per heavy atom. The van der Waals surface area contributed by atoms with Crippen molar-refractivity contribution in [3.63, 3.8) is 0 Å². The Bertz CT molecular complexity index is 406. The normalized spacial score (nSPS) is 40.4. The molecule has 2 fully saturated rings. The fourth-order valence-electron chi connectivity index (χ4n) is 3.75. The highest BCUT2D eigenvalue weighted by molar-refractivity contribution is 5.82. The van der Waals surface area contributed by atoms with Crippen LogP contribution in [0.15, 0.2) is 12.2 Å². The van der Waals surface area contributed by atoms with Gasteiger partial charge >= 0.3 is 0 Å². The average Bonchev–Trinajstić information content (AvgIpc) is 2.45. The molecule has 2 saturated heterocycles. The van der Waals surface area contributed by atoms with Crippen LogP contribution < -0.4 is 9.80 Å². The van der Waals surface area contributed by atoms with E-state index in [0.717, 1.165) is 39.0 Å². The van der Waals surface area contributed by atoms with Crippen LogP contribution in [0.25, 0.3) is 0 Å². The van der Waals surface area contributed by atoms with Gasteiger partial charge in [0.15, 0.2) is 0 Å². The van der Waals surface area contributed by atoms with Crippen molar-refractivity contribution in [1.29, 1.82) is 0 Å². The lowest BCUT2D eigenvalue weighted by Gasteiger charge is -2.33. The number of ketones is 2. The minimum atomic E-state index is 0.208. The fraction of sp³-hybridized carbons (Fsp3) is 0.778. The molecule has 6 atom stereocenters. The first-order valence-electron chi connectivity index (χ1n) is 8.78. The molecule has 22 heavy (non-hydrogen) atoms. The highest BCUT2D eigenvalue weighted by Gasteiger charge is 2.32. The van der Waals surface area contributed by atoms with Gasteiger partial charge in [-0.1, -0.05) is 13.8 Å². The third-order valence-corrected chi connectivity index (χ3v) is 5.57. The van der Waals surface area contributed by atoms with Crippen LogP contribution in [-0.4, -0.2) is 49.8 Å². The lowest BCUT2D eigenvalue weighted by atomic mass is 9.93. The number of quaternary nitrogens is 2. The second-order valence-corrected chi connectivity index (χ2v) is 7.55. The van der Waals surface area contributed by atoms with Crippen molar-refractivity contribution in [2.24, 2.45) is 11.8 Å². The number of carbonyl (C=O) groups excluding carboxylic acids is 2. The van der Waals surface area contributed by atoms with Crippen LogP contribution in [-0.2, 0) is 9.59 Å². The van der Waals surface area contributed by atoms with Gasteiger partial charge in [0.05, 0.1) is 62.9 Å². The number of rotatable bonds is 4. The number of carbonyl (C=O) groups is 2. The van der Waals surface area contributed by atoms with E-state index in [-0.39, 0.29) is 11.8 Å². The summed E-state index contributed by atoms with van der Waals surface area (Å²) in [6.45, 7) is 12.4. The van der Waals surface area contributed by atoms with Gasteiger partial charge < -0.3 is 9.80 Å². The van der Waals surface area contributed by atoms with E-state index in [2.05, 4.69) is 39.8 Å². The van der Waals surface area contributed by atoms with Crippen molar-refractivity contribution in [3.05, 3.63) is 12.2 Å². The molecule has 0 aromatic carbocycles. The molecule has 0 spiro atoms. The second-order valence-electron chi connectivity index (χ2n) is 7.55. The van der Waals surface area contributed by atoms with Crippen LogP contribution in [0.4, 0.5) is 0 Å². The van der Waals surface area contributed by atoms with E-state index in [4.69, 9.17) is 0 Å². The van der Waals surface area contributed by atoms with Crippen molar-refractivity contribution in [2.75, 3.05) is 26.2 Å². The predicted molar refractivity (Wildman–Crippen MR) is 87.0 cm³/mol. The summed E-state index contributed by atoms with van der Waals surface area (Å²) in [6, 6.07) is 0.875. The third kappa shape index (κ3) is 4.26. The van der Waals surface area contributed by atoms with Gasteiger partial charge in [-0.15, -0.1) is 0 Å². The van der Waals surface area contributed by atoms with Crippen LogP contribution in [0.2, 0.25) is 0 Å². The number of likely N-dealkylation sites (tertiary alicyclic amines) is 2. The molecule has 0 aromatic heterocycles. The third-order valence-electron chi connectivity index (χ3n) is 5.57. The Kier molecular flexibility index (Phi) is 5.93. The minimum absolute atomic E-state index is 0.208. The van der Waals surface area contributed by atoms with Crippen molar-refractivity contribution in [3.8, 4) is 0 Å². The molecule has 0 amide bonds. The van der Waals surface area contributed by atoms with Gasteiger partial charge in [-0.05, 0) is 26.0 Å². The van der Waals surface area contributed by atoms with E-state index in [9.17, 15) is 9.59 Å². The van der Waals surface area contributed by atoms with Gasteiger partial charge in [0.1, 0.15) is 11.6 Å². The molecule has 124 valence electrons. The monoisotopic (exact) mass is 308 g/mol. The first-order valence-corrected chi connectivity index (χ1v) is 8.78. The molecule has 0 aliphatic carbocycles. The van der Waals surface area contributed by atoms with Gasteiger partial charge in [0.2, 0.25) is 0 Å². The molecule has 2 aliphatic rings. The summed E-state index contributed by atoms with van der Waals surface area (Å²) in [4.78, 5) is 26.5. The lowest BCUT2D eigenvalue weighted by molar-refractivity contribution is -0.924. The standard InChI is InChI=1S/C18H30N2O2/c1-13-11-19(15(3)9-17(13)21)7-5-6-8-20-12-14(2)18(22)10-16(20)4/h5-6,13-16H,7-12H2,1-4H3/p+2/b6-5+/t13-,14-,15-,16-/m1/s1. The van der Waals surface area contributed by atoms with Crippen LogP contribution in [0.1, 0.15) is 40.5 Å². The predicted octanol–water partition coefficient (Wildman–Crippen LogP) is -0.693. The maximum atomic E-state index is 11.7. The van der Waals surface area contributed by atoms with E-state index in [1.807, 2.05) is 0 Å². The molecule has 2 unspecified atom stereocenters. The molecule has 2 rings (SSSR count). The van der Waals surface area contributed by atoms with Gasteiger partial charge in [-0.25, -0.2) is 0 Å². The van der Waals surface area contributed by atoms with E-state index in [1.165, 1.54) is 9.80 Å². The molecule has 0 saturated carbocycles. The Balaban J connectivity index is 1.78. The zero-order chi connectivity index (χ0) is 16.3. The summed E-state index contributed by atoms with van der Waals surface area (Å²) in [5.41, 5.74) is 0. The molecule has 0 radical (unpaired) electrons. The first-order chi connectivity index (χ1) is 10.4. The Morgan fingerprint density at radius 2 is 1.18 bits per heavy atom. The van der Waals surface area contributed by atoms with Crippen LogP contribution in [0, 0.1) is 11.8 Å². The molecule has 2 aliphatic heterocycles. The number of piperidine rings is 2. The second kappa shape index (κ2) is 7.51. The number of nitrogens with one attached hydrogen (secondary N) is 2. The summed E-state index contributed by atoms with van der Waals surface area (Å²) in [5.74, 6) is 1.26. The molecule has 2 heterocycles. The Labute approximate surface area is 134 Å². The zero-order valence-electron chi connectivity index (χ0n) is 14.5. The van der Waals surface area contributed by atoms with E-state index in [1.54, 1.807) is 0 Å². The Hall–Kier alpha value is -1.00. The molecular weight excluding hydrogens is 276 g/mol. The summed E-state index contributed by atoms with van der Waals surface area (Å²) < 4.78 is 0. The largest absolute Gasteiger partial charge is 0.329 e. The van der Waals surface area contributed by atoms with Gasteiger partial charge in [0, 0.05) is 0 Å². The highest BCUT2D eigenvalue weighted by atomic mass is 16.1. The maximum absolute atomic E-state index is 11.7. The summed E-state index contributed by atoms with van der Waals surface area (Å²) in [5, 5.41) is 0. The molecule has 0 bridgehead atoms. The Morgan fingerprint density at radius 1 is 0.818 bits per heavy atom. The van der Waals surface area contributed by atoms with Gasteiger partial charge in [-0.3, -0.25) is 9.59 Å². The van der Waals surface area contributed by atoms with Gasteiger partial charge in [0.25, 0.3) is 0 Å². The smallest absolute Gasteiger partial charge is 0.147 e. The summed E-state index contributed by atoms with van der Waals surface area (Å²) in [7, 11) is 0. The number of hydrogen-bond acceptors (Lipinski definition) is 2. The van der Waals surface area contributed by atoms with Crippen molar-refractivity contribution in [1.82, 2.24) is 0 Å². The van der Waals surface area contributed by atoms with E-state index < -0.39 is 0 Å². The zero-order valence-corrected chi connectivity index (χ0v) is 14.5. The van der Waals surface area contributed by atoms with E-state index >= 15 is 0 Å².